The van der Waals surface area contributed by atoms with Crippen LogP contribution in [0.1, 0.15) is 22.8 Å². The van der Waals surface area contributed by atoms with E-state index in [-0.39, 0.29) is 32.6 Å². The number of hydrogen-bond acceptors (Lipinski definition) is 2. The molecule has 2 nitrogen and oxygen atoms in total. The van der Waals surface area contributed by atoms with E-state index in [9.17, 15) is 9.90 Å². The molecule has 0 aliphatic heterocycles. The Morgan fingerprint density at radius 1 is 1.50 bits per heavy atom. The SMILES string of the molecule is CC(=O)c1c(C)c[c-]cc1O.[Mo]. The van der Waals surface area contributed by atoms with Crippen molar-refractivity contribution in [3.8, 4) is 5.75 Å². The molecule has 0 radical (unpaired) electrons. The van der Waals surface area contributed by atoms with Crippen LogP contribution in [0.5, 0.6) is 5.75 Å². The molecule has 0 aliphatic carbocycles. The molecule has 0 atom stereocenters. The molecule has 0 fully saturated rings. The van der Waals surface area contributed by atoms with Crippen molar-refractivity contribution in [1.29, 1.82) is 0 Å². The molecule has 0 saturated heterocycles. The van der Waals surface area contributed by atoms with E-state index in [1.54, 1.807) is 13.0 Å². The second-order valence-electron chi connectivity index (χ2n) is 2.45. The number of hydrogen-bond donors (Lipinski definition) is 1. The van der Waals surface area contributed by atoms with Crippen LogP contribution < -0.4 is 0 Å². The van der Waals surface area contributed by atoms with Crippen molar-refractivity contribution >= 4 is 5.78 Å². The number of ketones is 1. The van der Waals surface area contributed by atoms with Gasteiger partial charge in [-0.05, 0) is 12.5 Å². The minimum Gasteiger partial charge on any atom is -0.565 e. The zero-order valence-corrected chi connectivity index (χ0v) is 8.93. The van der Waals surface area contributed by atoms with Gasteiger partial charge in [-0.15, -0.1) is 11.6 Å². The monoisotopic (exact) mass is 247 g/mol. The van der Waals surface area contributed by atoms with Gasteiger partial charge in [0, 0.05) is 26.8 Å². The Morgan fingerprint density at radius 2 is 2.08 bits per heavy atom. The first-order valence-corrected chi connectivity index (χ1v) is 3.33. The third-order valence-corrected chi connectivity index (χ3v) is 1.52. The molecule has 0 heterocycles. The van der Waals surface area contributed by atoms with Crippen molar-refractivity contribution in [2.75, 3.05) is 0 Å². The molecule has 12 heavy (non-hydrogen) atoms. The molecule has 0 amide bonds. The first-order chi connectivity index (χ1) is 5.13. The van der Waals surface area contributed by atoms with Crippen molar-refractivity contribution in [2.45, 2.75) is 13.8 Å². The summed E-state index contributed by atoms with van der Waals surface area (Å²) in [6, 6.07) is 5.79. The maximum Gasteiger partial charge on any atom is 0.139 e. The molecule has 0 aliphatic rings. The second-order valence-corrected chi connectivity index (χ2v) is 2.45. The topological polar surface area (TPSA) is 37.3 Å². The summed E-state index contributed by atoms with van der Waals surface area (Å²) in [5.74, 6) is -0.105. The molecule has 1 rings (SSSR count). The van der Waals surface area contributed by atoms with Gasteiger partial charge in [-0.2, -0.15) is 12.1 Å². The van der Waals surface area contributed by atoms with E-state index in [0.29, 0.717) is 5.56 Å². The number of carbonyl (C=O) groups excluding carboxylic acids is 1. The van der Waals surface area contributed by atoms with Crippen LogP contribution >= 0.6 is 0 Å². The summed E-state index contributed by atoms with van der Waals surface area (Å²) >= 11 is 0. The molecule has 0 unspecified atom stereocenters. The predicted molar refractivity (Wildman–Crippen MR) is 41.7 cm³/mol. The largest absolute Gasteiger partial charge is 0.565 e. The van der Waals surface area contributed by atoms with Gasteiger partial charge in [-0.25, -0.2) is 0 Å². The van der Waals surface area contributed by atoms with Crippen LogP contribution in [0.25, 0.3) is 0 Å². The summed E-state index contributed by atoms with van der Waals surface area (Å²) in [5, 5.41) is 9.21. The Morgan fingerprint density at radius 3 is 2.42 bits per heavy atom. The molecule has 0 aromatic heterocycles. The summed E-state index contributed by atoms with van der Waals surface area (Å²) in [6.07, 6.45) is 0. The number of Topliss-reactive ketones (excluding diaryl/α,β-unsaturated/α-hetero) is 1. The van der Waals surface area contributed by atoms with Gasteiger partial charge in [0.15, 0.2) is 0 Å². The van der Waals surface area contributed by atoms with Crippen LogP contribution in [0.4, 0.5) is 0 Å². The fraction of sp³-hybridized carbons (Fsp3) is 0.222. The van der Waals surface area contributed by atoms with Crippen molar-refractivity contribution in [2.24, 2.45) is 0 Å². The Bertz CT molecular complexity index is 274. The molecule has 0 bridgehead atoms. The van der Waals surface area contributed by atoms with E-state index in [1.807, 2.05) is 0 Å². The van der Waals surface area contributed by atoms with E-state index < -0.39 is 0 Å². The Kier molecular flexibility index (Phi) is 4.19. The van der Waals surface area contributed by atoms with E-state index >= 15 is 0 Å². The number of carbonyl (C=O) groups is 1. The molecule has 3 heteroatoms. The zero-order chi connectivity index (χ0) is 8.43. The Hall–Kier alpha value is -0.622. The number of aryl methyl sites for hydroxylation is 1. The fourth-order valence-corrected chi connectivity index (χ4v) is 1.05. The third kappa shape index (κ3) is 2.18. The van der Waals surface area contributed by atoms with E-state index in [1.165, 1.54) is 13.0 Å². The molecular weight excluding hydrogens is 236 g/mol. The molecule has 1 N–H and O–H groups in total. The molecule has 1 aromatic rings. The summed E-state index contributed by atoms with van der Waals surface area (Å²) < 4.78 is 0. The summed E-state index contributed by atoms with van der Waals surface area (Å²) in [5.41, 5.74) is 1.15. The maximum absolute atomic E-state index is 10.9. The van der Waals surface area contributed by atoms with Crippen LogP contribution in [0.15, 0.2) is 12.1 Å². The van der Waals surface area contributed by atoms with Crippen LogP contribution in [0.2, 0.25) is 0 Å². The van der Waals surface area contributed by atoms with Gasteiger partial charge in [-0.3, -0.25) is 4.79 Å². The second kappa shape index (κ2) is 4.42. The van der Waals surface area contributed by atoms with Crippen molar-refractivity contribution in [3.05, 3.63) is 29.3 Å². The Labute approximate surface area is 85.9 Å². The van der Waals surface area contributed by atoms with E-state index in [0.717, 1.165) is 5.56 Å². The van der Waals surface area contributed by atoms with E-state index in [4.69, 9.17) is 0 Å². The number of benzene rings is 1. The molecule has 0 spiro atoms. The minimum atomic E-state index is -0.117. The number of aromatic hydroxyl groups is 1. The molecule has 64 valence electrons. The summed E-state index contributed by atoms with van der Waals surface area (Å²) in [6.45, 7) is 3.20. The summed E-state index contributed by atoms with van der Waals surface area (Å²) in [7, 11) is 0. The van der Waals surface area contributed by atoms with Gasteiger partial charge in [0.2, 0.25) is 0 Å². The fourth-order valence-electron chi connectivity index (χ4n) is 1.05. The van der Waals surface area contributed by atoms with Gasteiger partial charge in [0.25, 0.3) is 0 Å². The van der Waals surface area contributed by atoms with Gasteiger partial charge >= 0.3 is 0 Å². The molecule has 0 saturated carbocycles. The van der Waals surface area contributed by atoms with Crippen LogP contribution in [-0.2, 0) is 21.1 Å². The standard InChI is InChI=1S/C9H9O2.Mo/c1-6-4-3-5-8(11)9(6)7(2)10;/h4-5,11H,1-2H3;/q-1;. The zero-order valence-electron chi connectivity index (χ0n) is 6.92. The van der Waals surface area contributed by atoms with Gasteiger partial charge in [0.05, 0.1) is 0 Å². The van der Waals surface area contributed by atoms with Crippen molar-refractivity contribution in [3.63, 3.8) is 0 Å². The third-order valence-electron chi connectivity index (χ3n) is 1.52. The quantitative estimate of drug-likeness (QED) is 0.464. The number of phenols is 1. The average Bonchev–Trinajstić information content (AvgIpc) is 1.85. The van der Waals surface area contributed by atoms with Crippen LogP contribution in [0.3, 0.4) is 0 Å². The van der Waals surface area contributed by atoms with Crippen molar-refractivity contribution < 1.29 is 31.0 Å². The normalized spacial score (nSPS) is 8.83. The first kappa shape index (κ1) is 11.4. The molecule has 1 aromatic carbocycles. The van der Waals surface area contributed by atoms with Crippen LogP contribution in [0, 0.1) is 13.0 Å². The number of rotatable bonds is 1. The smallest absolute Gasteiger partial charge is 0.139 e. The minimum absolute atomic E-state index is 0. The van der Waals surface area contributed by atoms with E-state index in [2.05, 4.69) is 6.07 Å². The Balaban J connectivity index is 0.00000121. The number of phenolic OH excluding ortho intramolecular Hbond substituents is 1. The average molecular weight is 245 g/mol. The van der Waals surface area contributed by atoms with Crippen LogP contribution in [-0.4, -0.2) is 10.9 Å². The predicted octanol–water partition coefficient (Wildman–Crippen LogP) is 1.70. The van der Waals surface area contributed by atoms with Crippen molar-refractivity contribution in [1.82, 2.24) is 0 Å². The molecular formula is C9H9MoO2-. The van der Waals surface area contributed by atoms with Gasteiger partial charge in [-0.1, -0.05) is 6.92 Å². The van der Waals surface area contributed by atoms with Gasteiger partial charge < -0.3 is 5.11 Å². The van der Waals surface area contributed by atoms with Gasteiger partial charge in [0.1, 0.15) is 5.78 Å². The maximum atomic E-state index is 10.9. The first-order valence-electron chi connectivity index (χ1n) is 3.33. The summed E-state index contributed by atoms with van der Waals surface area (Å²) in [4.78, 5) is 10.9.